The monoisotopic (exact) mass is 420 g/mol. The fraction of sp³-hybridized carbons (Fsp3) is 0.833. The number of oxime groups is 1. The van der Waals surface area contributed by atoms with Gasteiger partial charge in [-0.05, 0) is 86.2 Å². The number of carbonyl (C=O) groups is 1. The highest BCUT2D eigenvalue weighted by Crippen LogP contribution is 2.66. The summed E-state index contributed by atoms with van der Waals surface area (Å²) in [5.41, 5.74) is 0.866. The number of nitrogens with zero attached hydrogens (tertiary/aromatic N) is 1. The lowest BCUT2D eigenvalue weighted by molar-refractivity contribution is -0.134. The quantitative estimate of drug-likeness (QED) is 0.633. The van der Waals surface area contributed by atoms with Crippen molar-refractivity contribution in [2.45, 2.75) is 77.7 Å². The minimum Gasteiger partial charge on any atom is -0.391 e. The summed E-state index contributed by atoms with van der Waals surface area (Å²) < 4.78 is 28.5. The van der Waals surface area contributed by atoms with Gasteiger partial charge in [-0.3, -0.25) is 4.79 Å². The second-order valence-electron chi connectivity index (χ2n) is 10.9. The summed E-state index contributed by atoms with van der Waals surface area (Å²) in [7, 11) is 0. The molecule has 0 aromatic heterocycles. The Morgan fingerprint density at radius 1 is 1.10 bits per heavy atom. The zero-order valence-electron chi connectivity index (χ0n) is 18.2. The van der Waals surface area contributed by atoms with Crippen molar-refractivity contribution in [3.8, 4) is 0 Å². The number of hydrogen-bond acceptors (Lipinski definition) is 4. The van der Waals surface area contributed by atoms with Crippen LogP contribution >= 0.6 is 0 Å². The lowest BCUT2D eigenvalue weighted by Gasteiger charge is -2.59. The number of halogens is 2. The minimum atomic E-state index is -1.50. The molecule has 5 aliphatic rings. The van der Waals surface area contributed by atoms with E-state index in [1.54, 1.807) is 0 Å². The van der Waals surface area contributed by atoms with E-state index < -0.39 is 6.08 Å². The molecule has 1 heterocycles. The average molecular weight is 421 g/mol. The van der Waals surface area contributed by atoms with Crippen LogP contribution in [0.2, 0.25) is 0 Å². The van der Waals surface area contributed by atoms with Gasteiger partial charge in [-0.1, -0.05) is 19.0 Å². The molecule has 1 N–H and O–H groups in total. The van der Waals surface area contributed by atoms with Gasteiger partial charge in [-0.15, -0.1) is 0 Å². The number of Topliss-reactive ketones (excluding diaryl/α,β-unsaturated/α-hetero) is 1. The molecule has 4 saturated carbocycles. The molecule has 1 aliphatic heterocycles. The third-order valence-corrected chi connectivity index (χ3v) is 9.65. The van der Waals surface area contributed by atoms with Gasteiger partial charge in [-0.25, -0.2) is 0 Å². The molecule has 1 saturated heterocycles. The van der Waals surface area contributed by atoms with Crippen LogP contribution < -0.4 is 5.32 Å². The highest BCUT2D eigenvalue weighted by atomic mass is 19.3. The zero-order valence-corrected chi connectivity index (χ0v) is 18.2. The van der Waals surface area contributed by atoms with Crippen molar-refractivity contribution < 1.29 is 18.4 Å². The first-order valence-corrected chi connectivity index (χ1v) is 11.8. The van der Waals surface area contributed by atoms with Crippen LogP contribution in [0.15, 0.2) is 16.8 Å². The van der Waals surface area contributed by atoms with E-state index in [0.29, 0.717) is 36.5 Å². The van der Waals surface area contributed by atoms with Crippen LogP contribution in [0.4, 0.5) is 8.78 Å². The Kier molecular flexibility index (Phi) is 5.07. The van der Waals surface area contributed by atoms with Gasteiger partial charge in [-0.2, -0.15) is 8.78 Å². The molecule has 4 nitrogen and oxygen atoms in total. The maximum absolute atomic E-state index is 14.2. The molecule has 0 unspecified atom stereocenters. The summed E-state index contributed by atoms with van der Waals surface area (Å²) in [6, 6.07) is 0. The van der Waals surface area contributed by atoms with Crippen molar-refractivity contribution in [2.24, 2.45) is 39.7 Å². The van der Waals surface area contributed by atoms with E-state index in [1.807, 2.05) is 0 Å². The van der Waals surface area contributed by atoms with Crippen LogP contribution in [0.3, 0.4) is 0 Å². The number of allylic oxidation sites excluding steroid dienone is 1. The maximum atomic E-state index is 14.2. The van der Waals surface area contributed by atoms with Crippen LogP contribution in [-0.4, -0.2) is 30.7 Å². The number of rotatable bonds is 2. The summed E-state index contributed by atoms with van der Waals surface area (Å²) in [6.45, 7) is 6.11. The molecule has 7 atom stereocenters. The van der Waals surface area contributed by atoms with Crippen molar-refractivity contribution in [2.75, 3.05) is 13.1 Å². The molecule has 5 rings (SSSR count). The average Bonchev–Trinajstić information content (AvgIpc) is 3.34. The Hall–Kier alpha value is -1.30. The zero-order chi connectivity index (χ0) is 21.1. The number of fused-ring (bicyclic) bond motifs is 5. The van der Waals surface area contributed by atoms with Crippen molar-refractivity contribution in [1.82, 2.24) is 5.32 Å². The van der Waals surface area contributed by atoms with Crippen molar-refractivity contribution in [3.63, 3.8) is 0 Å². The van der Waals surface area contributed by atoms with E-state index in [4.69, 9.17) is 4.84 Å². The molecule has 0 bridgehead atoms. The molecule has 0 radical (unpaired) electrons. The van der Waals surface area contributed by atoms with Crippen molar-refractivity contribution >= 4 is 11.5 Å². The number of ketones is 1. The van der Waals surface area contributed by atoms with E-state index in [2.05, 4.69) is 24.3 Å². The fourth-order valence-corrected chi connectivity index (χ4v) is 7.84. The first-order chi connectivity index (χ1) is 14.3. The molecular weight excluding hydrogens is 386 g/mol. The highest BCUT2D eigenvalue weighted by molar-refractivity contribution is 5.87. The predicted molar refractivity (Wildman–Crippen MR) is 111 cm³/mol. The van der Waals surface area contributed by atoms with E-state index in [1.165, 1.54) is 0 Å². The standard InChI is InChI=1S/C24H34F2N2O2/c1-23-8-5-14(28-30-15-7-10-27-13-15)11-20(23)17(22(25)26)12-16-18-3-4-21(29)24(18,2)9-6-19(16)23/h15-16,18-20,27H,3-13H2,1-2H3/b28-14+/t15-,16+,18+,19+,20-,23-,24+/m1/s1. The van der Waals surface area contributed by atoms with Crippen molar-refractivity contribution in [3.05, 3.63) is 11.7 Å². The Morgan fingerprint density at radius 3 is 2.67 bits per heavy atom. The Bertz CT molecular complexity index is 786. The molecule has 5 fully saturated rings. The number of hydrogen-bond donors (Lipinski definition) is 1. The molecule has 0 aromatic rings. The third kappa shape index (κ3) is 3.08. The predicted octanol–water partition coefficient (Wildman–Crippen LogP) is 5.09. The minimum absolute atomic E-state index is 0.102. The number of carbonyl (C=O) groups excluding carboxylic acids is 1. The normalized spacial score (nSPS) is 47.1. The smallest absolute Gasteiger partial charge is 0.269 e. The Balaban J connectivity index is 1.42. The second kappa shape index (κ2) is 7.39. The van der Waals surface area contributed by atoms with Gasteiger partial charge in [0.15, 0.2) is 0 Å². The van der Waals surface area contributed by atoms with Crippen LogP contribution in [0.5, 0.6) is 0 Å². The molecule has 30 heavy (non-hydrogen) atoms. The van der Waals surface area contributed by atoms with Crippen molar-refractivity contribution in [1.29, 1.82) is 0 Å². The first kappa shape index (κ1) is 20.6. The molecule has 4 aliphatic carbocycles. The number of nitrogens with one attached hydrogen (secondary N) is 1. The van der Waals surface area contributed by atoms with Gasteiger partial charge in [0.2, 0.25) is 0 Å². The van der Waals surface area contributed by atoms with E-state index in [9.17, 15) is 13.6 Å². The molecule has 0 spiro atoms. The maximum Gasteiger partial charge on any atom is 0.269 e. The molecular formula is C24H34F2N2O2. The second-order valence-corrected chi connectivity index (χ2v) is 10.9. The lowest BCUT2D eigenvalue weighted by atomic mass is 9.44. The molecule has 6 heteroatoms. The van der Waals surface area contributed by atoms with E-state index in [0.717, 1.165) is 57.3 Å². The van der Waals surface area contributed by atoms with Crippen LogP contribution in [0.1, 0.15) is 71.6 Å². The van der Waals surface area contributed by atoms with Gasteiger partial charge in [0.1, 0.15) is 11.9 Å². The SMILES string of the molecule is C[C@]12CC/C(=N\O[C@@H]3CCNC3)C[C@@H]1C(=C(F)F)C[C@@H]1[C@@H]2CC[C@]2(C)C(=O)CC[C@@H]12. The fourth-order valence-electron chi connectivity index (χ4n) is 7.84. The summed E-state index contributed by atoms with van der Waals surface area (Å²) in [5, 5.41) is 7.69. The van der Waals surface area contributed by atoms with Crippen LogP contribution in [0, 0.1) is 34.5 Å². The van der Waals surface area contributed by atoms with Gasteiger partial charge in [0, 0.05) is 24.8 Å². The first-order valence-electron chi connectivity index (χ1n) is 11.8. The molecule has 0 amide bonds. The highest BCUT2D eigenvalue weighted by Gasteiger charge is 2.61. The Labute approximate surface area is 177 Å². The van der Waals surface area contributed by atoms with Crippen LogP contribution in [-0.2, 0) is 9.63 Å². The van der Waals surface area contributed by atoms with Gasteiger partial charge < -0.3 is 10.2 Å². The van der Waals surface area contributed by atoms with Crippen LogP contribution in [0.25, 0.3) is 0 Å². The summed E-state index contributed by atoms with van der Waals surface area (Å²) in [6.07, 6.45) is 5.76. The molecule has 0 aromatic carbocycles. The third-order valence-electron chi connectivity index (χ3n) is 9.65. The largest absolute Gasteiger partial charge is 0.391 e. The Morgan fingerprint density at radius 2 is 1.93 bits per heavy atom. The molecule has 166 valence electrons. The van der Waals surface area contributed by atoms with Gasteiger partial charge >= 0.3 is 0 Å². The lowest BCUT2D eigenvalue weighted by Crippen LogP contribution is -2.54. The van der Waals surface area contributed by atoms with E-state index in [-0.39, 0.29) is 34.7 Å². The summed E-state index contributed by atoms with van der Waals surface area (Å²) in [4.78, 5) is 18.3. The van der Waals surface area contributed by atoms with Gasteiger partial charge in [0.05, 0.1) is 5.71 Å². The summed E-state index contributed by atoms with van der Waals surface area (Å²) in [5.74, 6) is 1.12. The van der Waals surface area contributed by atoms with Gasteiger partial charge in [0.25, 0.3) is 6.08 Å². The topological polar surface area (TPSA) is 50.7 Å². The van der Waals surface area contributed by atoms with E-state index >= 15 is 0 Å². The summed E-state index contributed by atoms with van der Waals surface area (Å²) >= 11 is 0.